The van der Waals surface area contributed by atoms with Crippen LogP contribution in [0.4, 0.5) is 8.78 Å². The molecule has 0 saturated heterocycles. The van der Waals surface area contributed by atoms with Gasteiger partial charge in [-0.25, -0.2) is 20.2 Å². The van der Waals surface area contributed by atoms with Crippen LogP contribution in [0.2, 0.25) is 0 Å². The quantitative estimate of drug-likeness (QED) is 0.529. The Hall–Kier alpha value is -3.00. The van der Waals surface area contributed by atoms with Gasteiger partial charge in [-0.1, -0.05) is 0 Å². The van der Waals surface area contributed by atoms with E-state index >= 15 is 0 Å². The van der Waals surface area contributed by atoms with Gasteiger partial charge in [-0.15, -0.1) is 11.3 Å². The Morgan fingerprint density at radius 3 is 2.05 bits per heavy atom. The van der Waals surface area contributed by atoms with Crippen LogP contribution >= 0.6 is 11.3 Å². The van der Waals surface area contributed by atoms with Crippen molar-refractivity contribution in [1.29, 1.82) is 10.5 Å². The monoisotopic (exact) mass is 312 g/mol. The summed E-state index contributed by atoms with van der Waals surface area (Å²) in [7, 11) is 0. The third kappa shape index (κ3) is 1.81. The van der Waals surface area contributed by atoms with E-state index < -0.39 is 28.5 Å². The van der Waals surface area contributed by atoms with E-state index in [4.69, 9.17) is 23.7 Å². The Morgan fingerprint density at radius 2 is 1.59 bits per heavy atom. The average molecular weight is 312 g/mol. The summed E-state index contributed by atoms with van der Waals surface area (Å²) in [5, 5.41) is 18.0. The molecule has 0 atom stereocenters. The molecule has 0 N–H and O–H groups in total. The molecule has 0 radical (unpaired) electrons. The van der Waals surface area contributed by atoms with Crippen molar-refractivity contribution in [2.24, 2.45) is 0 Å². The number of aryl methyl sites for hydroxylation is 1. The van der Waals surface area contributed by atoms with Crippen LogP contribution < -0.4 is 0 Å². The molecule has 1 aromatic heterocycles. The second kappa shape index (κ2) is 5.08. The predicted molar refractivity (Wildman–Crippen MR) is 77.0 cm³/mol. The van der Waals surface area contributed by atoms with E-state index in [9.17, 15) is 8.78 Å². The van der Waals surface area contributed by atoms with E-state index in [2.05, 4.69) is 9.69 Å². The standard InChI is InChI=1S/C15H6F2N4S/c1-7-8(2)22-14-11(7)12(9(5-18)20-3)15(16,17)13(14)10(6-19)21-4/h1-2H3/b12-9-,13-10-. The number of allylic oxidation sites excluding steroid dienone is 4. The number of hydrogen-bond acceptors (Lipinski definition) is 3. The molecule has 0 bridgehead atoms. The highest BCUT2D eigenvalue weighted by molar-refractivity contribution is 7.13. The lowest BCUT2D eigenvalue weighted by molar-refractivity contribution is 0.138. The first-order valence-electron chi connectivity index (χ1n) is 5.88. The molecule has 0 fully saturated rings. The molecule has 22 heavy (non-hydrogen) atoms. The van der Waals surface area contributed by atoms with Gasteiger partial charge < -0.3 is 0 Å². The zero-order chi connectivity index (χ0) is 16.7. The number of nitriles is 2. The Bertz CT molecular complexity index is 889. The highest BCUT2D eigenvalue weighted by atomic mass is 32.1. The van der Waals surface area contributed by atoms with Crippen molar-refractivity contribution in [1.82, 2.24) is 0 Å². The van der Waals surface area contributed by atoms with Crippen molar-refractivity contribution in [3.63, 3.8) is 0 Å². The summed E-state index contributed by atoms with van der Waals surface area (Å²) in [4.78, 5) is 6.60. The van der Waals surface area contributed by atoms with Crippen LogP contribution in [0.25, 0.3) is 20.8 Å². The van der Waals surface area contributed by atoms with Gasteiger partial charge in [0.25, 0.3) is 17.3 Å². The molecule has 2 rings (SSSR count). The minimum atomic E-state index is -3.70. The highest BCUT2D eigenvalue weighted by Gasteiger charge is 2.52. The van der Waals surface area contributed by atoms with Crippen LogP contribution in [0.15, 0.2) is 11.4 Å². The third-order valence-electron chi connectivity index (χ3n) is 3.40. The van der Waals surface area contributed by atoms with Crippen molar-refractivity contribution in [3.05, 3.63) is 55.1 Å². The lowest BCUT2D eigenvalue weighted by Crippen LogP contribution is -2.16. The van der Waals surface area contributed by atoms with Crippen molar-refractivity contribution in [2.45, 2.75) is 19.8 Å². The van der Waals surface area contributed by atoms with Crippen molar-refractivity contribution in [3.8, 4) is 12.1 Å². The van der Waals surface area contributed by atoms with E-state index in [1.54, 1.807) is 13.8 Å². The van der Waals surface area contributed by atoms with Gasteiger partial charge in [-0.2, -0.15) is 8.78 Å². The van der Waals surface area contributed by atoms with Crippen LogP contribution in [-0.4, -0.2) is 5.92 Å². The summed E-state index contributed by atoms with van der Waals surface area (Å²) in [5.74, 6) is -3.70. The highest BCUT2D eigenvalue weighted by Crippen LogP contribution is 2.58. The number of alkyl halides is 2. The number of thiophene rings is 1. The fourth-order valence-corrected chi connectivity index (χ4v) is 3.57. The minimum Gasteiger partial charge on any atom is -0.226 e. The van der Waals surface area contributed by atoms with Crippen LogP contribution in [-0.2, 0) is 0 Å². The largest absolute Gasteiger partial charge is 0.284 e. The smallest absolute Gasteiger partial charge is 0.226 e. The zero-order valence-corrected chi connectivity index (χ0v) is 12.3. The summed E-state index contributed by atoms with van der Waals surface area (Å²) in [6, 6.07) is 2.97. The summed E-state index contributed by atoms with van der Waals surface area (Å²) in [6.07, 6.45) is 0. The first kappa shape index (κ1) is 15.4. The Labute approximate surface area is 129 Å². The molecule has 1 heterocycles. The van der Waals surface area contributed by atoms with Gasteiger partial charge in [0.2, 0.25) is 0 Å². The van der Waals surface area contributed by atoms with Crippen molar-refractivity contribution in [2.75, 3.05) is 0 Å². The average Bonchev–Trinajstić information content (AvgIpc) is 2.87. The molecule has 0 aromatic carbocycles. The summed E-state index contributed by atoms with van der Waals surface area (Å²) >= 11 is 1.04. The first-order valence-corrected chi connectivity index (χ1v) is 6.69. The molecule has 0 spiro atoms. The SMILES string of the molecule is [C-]#[N+]/C(C#N)=C1/c2c(sc(C)c2C)/C(=C(\C#N)[N+]#[C-])C1(F)F. The van der Waals surface area contributed by atoms with E-state index in [1.807, 2.05) is 0 Å². The lowest BCUT2D eigenvalue weighted by Gasteiger charge is -2.15. The Morgan fingerprint density at radius 1 is 1.09 bits per heavy atom. The maximum Gasteiger partial charge on any atom is 0.284 e. The first-order chi connectivity index (χ1) is 10.3. The van der Waals surface area contributed by atoms with Gasteiger partial charge in [-0.3, -0.25) is 0 Å². The Kier molecular flexibility index (Phi) is 3.55. The molecule has 1 aromatic rings. The number of fused-ring (bicyclic) bond motifs is 1. The van der Waals surface area contributed by atoms with Gasteiger partial charge in [0.05, 0.1) is 36.4 Å². The molecule has 0 saturated carbocycles. The van der Waals surface area contributed by atoms with Crippen molar-refractivity contribution >= 4 is 22.5 Å². The molecule has 0 aliphatic heterocycles. The van der Waals surface area contributed by atoms with Gasteiger partial charge in [0.15, 0.2) is 0 Å². The zero-order valence-electron chi connectivity index (χ0n) is 11.5. The van der Waals surface area contributed by atoms with E-state index in [0.717, 1.165) is 16.2 Å². The summed E-state index contributed by atoms with van der Waals surface area (Å²) in [6.45, 7) is 17.2. The normalized spacial score (nSPS) is 19.3. The number of halogens is 2. The van der Waals surface area contributed by atoms with Crippen molar-refractivity contribution < 1.29 is 8.78 Å². The molecule has 106 valence electrons. The lowest BCUT2D eigenvalue weighted by atomic mass is 10.0. The number of rotatable bonds is 0. The topological polar surface area (TPSA) is 56.3 Å². The van der Waals surface area contributed by atoms with Crippen LogP contribution in [0.3, 0.4) is 0 Å². The maximum atomic E-state index is 14.8. The van der Waals surface area contributed by atoms with E-state index in [0.29, 0.717) is 5.56 Å². The van der Waals surface area contributed by atoms with Crippen LogP contribution in [0.1, 0.15) is 20.9 Å². The van der Waals surface area contributed by atoms with Crippen LogP contribution in [0.5, 0.6) is 0 Å². The maximum absolute atomic E-state index is 14.8. The van der Waals surface area contributed by atoms with Gasteiger partial charge in [0, 0.05) is 9.75 Å². The molecular weight excluding hydrogens is 306 g/mol. The van der Waals surface area contributed by atoms with Gasteiger partial charge >= 0.3 is 0 Å². The molecular formula is C15H6F2N4S. The third-order valence-corrected chi connectivity index (χ3v) is 4.62. The van der Waals surface area contributed by atoms with E-state index in [1.165, 1.54) is 12.1 Å². The molecule has 1 aliphatic rings. The van der Waals surface area contributed by atoms with Crippen LogP contribution in [0, 0.1) is 49.7 Å². The van der Waals surface area contributed by atoms with E-state index in [-0.39, 0.29) is 10.4 Å². The molecule has 4 nitrogen and oxygen atoms in total. The fourth-order valence-electron chi connectivity index (χ4n) is 2.33. The Balaban J connectivity index is 3.10. The summed E-state index contributed by atoms with van der Waals surface area (Å²) < 4.78 is 29.5. The second-order valence-corrected chi connectivity index (χ2v) is 5.68. The molecule has 7 heteroatoms. The fraction of sp³-hybridized carbons (Fsp3) is 0.200. The predicted octanol–water partition coefficient (Wildman–Crippen LogP) is 4.32. The number of nitrogens with zero attached hydrogens (tertiary/aromatic N) is 4. The van der Waals surface area contributed by atoms with Gasteiger partial charge in [0.1, 0.15) is 0 Å². The molecule has 0 amide bonds. The number of hydrogen-bond donors (Lipinski definition) is 0. The minimum absolute atomic E-state index is 0.0963. The molecule has 0 unspecified atom stereocenters. The molecule has 1 aliphatic carbocycles. The van der Waals surface area contributed by atoms with Gasteiger partial charge in [-0.05, 0) is 25.0 Å². The second-order valence-electron chi connectivity index (χ2n) is 4.46. The summed E-state index contributed by atoms with van der Waals surface area (Å²) in [5.41, 5.74) is -2.20.